The SMILES string of the molecule is COc1ccc(-c2ccc(N3CCC(C(=O)NCc4ccncc4)CC3)nn2)cc1. The number of methoxy groups -OCH3 is 1. The van der Waals surface area contributed by atoms with Gasteiger partial charge in [-0.1, -0.05) is 0 Å². The van der Waals surface area contributed by atoms with Gasteiger partial charge < -0.3 is 15.0 Å². The van der Waals surface area contributed by atoms with Crippen molar-refractivity contribution in [3.63, 3.8) is 0 Å². The van der Waals surface area contributed by atoms with Gasteiger partial charge in [0.1, 0.15) is 5.75 Å². The van der Waals surface area contributed by atoms with E-state index in [-0.39, 0.29) is 11.8 Å². The minimum Gasteiger partial charge on any atom is -0.497 e. The van der Waals surface area contributed by atoms with Crippen LogP contribution in [0.4, 0.5) is 5.82 Å². The first-order valence-electron chi connectivity index (χ1n) is 10.1. The van der Waals surface area contributed by atoms with Crippen LogP contribution >= 0.6 is 0 Å². The average Bonchev–Trinajstić information content (AvgIpc) is 2.83. The molecule has 0 radical (unpaired) electrons. The van der Waals surface area contributed by atoms with E-state index in [9.17, 15) is 4.79 Å². The van der Waals surface area contributed by atoms with Gasteiger partial charge in [0, 0.05) is 43.5 Å². The lowest BCUT2D eigenvalue weighted by Crippen LogP contribution is -2.40. The van der Waals surface area contributed by atoms with Gasteiger partial charge in [-0.3, -0.25) is 9.78 Å². The largest absolute Gasteiger partial charge is 0.497 e. The van der Waals surface area contributed by atoms with E-state index in [4.69, 9.17) is 4.74 Å². The van der Waals surface area contributed by atoms with Gasteiger partial charge >= 0.3 is 0 Å². The number of hydrogen-bond donors (Lipinski definition) is 1. The van der Waals surface area contributed by atoms with Crippen LogP contribution in [0.3, 0.4) is 0 Å². The molecule has 3 heterocycles. The van der Waals surface area contributed by atoms with Crippen molar-refractivity contribution in [3.05, 3.63) is 66.5 Å². The summed E-state index contributed by atoms with van der Waals surface area (Å²) < 4.78 is 5.19. The molecule has 0 spiro atoms. The van der Waals surface area contributed by atoms with Gasteiger partial charge in [-0.25, -0.2) is 0 Å². The first-order chi connectivity index (χ1) is 14.7. The number of piperidine rings is 1. The van der Waals surface area contributed by atoms with Gasteiger partial charge in [0.25, 0.3) is 0 Å². The van der Waals surface area contributed by atoms with Crippen LogP contribution in [0.1, 0.15) is 18.4 Å². The third kappa shape index (κ3) is 4.74. The topological polar surface area (TPSA) is 80.2 Å². The summed E-state index contributed by atoms with van der Waals surface area (Å²) in [6, 6.07) is 15.6. The fraction of sp³-hybridized carbons (Fsp3) is 0.304. The summed E-state index contributed by atoms with van der Waals surface area (Å²) in [7, 11) is 1.65. The minimum atomic E-state index is 0.0367. The van der Waals surface area contributed by atoms with Crippen molar-refractivity contribution in [3.8, 4) is 17.0 Å². The quantitative estimate of drug-likeness (QED) is 0.681. The van der Waals surface area contributed by atoms with Crippen LogP contribution in [0.25, 0.3) is 11.3 Å². The molecule has 30 heavy (non-hydrogen) atoms. The van der Waals surface area contributed by atoms with Gasteiger partial charge in [0.2, 0.25) is 5.91 Å². The summed E-state index contributed by atoms with van der Waals surface area (Å²) in [6.07, 6.45) is 5.09. The minimum absolute atomic E-state index is 0.0367. The molecule has 1 N–H and O–H groups in total. The van der Waals surface area contributed by atoms with E-state index in [1.807, 2.05) is 48.5 Å². The van der Waals surface area contributed by atoms with Crippen molar-refractivity contribution in [1.29, 1.82) is 0 Å². The zero-order valence-electron chi connectivity index (χ0n) is 17.0. The molecule has 1 aliphatic heterocycles. The molecule has 0 aliphatic carbocycles. The second kappa shape index (κ2) is 9.35. The molecule has 2 aromatic heterocycles. The fourth-order valence-corrected chi connectivity index (χ4v) is 3.61. The highest BCUT2D eigenvalue weighted by Gasteiger charge is 2.25. The predicted octanol–water partition coefficient (Wildman–Crippen LogP) is 3.08. The van der Waals surface area contributed by atoms with Crippen molar-refractivity contribution >= 4 is 11.7 Å². The zero-order chi connectivity index (χ0) is 20.8. The van der Waals surface area contributed by atoms with Crippen LogP contribution in [0.15, 0.2) is 60.9 Å². The van der Waals surface area contributed by atoms with Gasteiger partial charge in [0.05, 0.1) is 12.8 Å². The highest BCUT2D eigenvalue weighted by molar-refractivity contribution is 5.79. The van der Waals surface area contributed by atoms with Gasteiger partial charge in [0.15, 0.2) is 5.82 Å². The molecule has 0 saturated carbocycles. The number of carbonyl (C=O) groups is 1. The Bertz CT molecular complexity index is 953. The van der Waals surface area contributed by atoms with Crippen LogP contribution < -0.4 is 15.0 Å². The molecular weight excluding hydrogens is 378 g/mol. The molecule has 0 unspecified atom stereocenters. The van der Waals surface area contributed by atoms with Crippen molar-refractivity contribution in [1.82, 2.24) is 20.5 Å². The third-order valence-electron chi connectivity index (χ3n) is 5.44. The zero-order valence-corrected chi connectivity index (χ0v) is 17.0. The first kappa shape index (κ1) is 19.8. The highest BCUT2D eigenvalue weighted by atomic mass is 16.5. The normalized spacial score (nSPS) is 14.4. The maximum atomic E-state index is 12.5. The summed E-state index contributed by atoms with van der Waals surface area (Å²) in [5, 5.41) is 11.8. The smallest absolute Gasteiger partial charge is 0.223 e. The highest BCUT2D eigenvalue weighted by Crippen LogP contribution is 2.24. The van der Waals surface area contributed by atoms with E-state index >= 15 is 0 Å². The molecule has 0 atom stereocenters. The second-order valence-electron chi connectivity index (χ2n) is 7.34. The summed E-state index contributed by atoms with van der Waals surface area (Å²) >= 11 is 0. The number of hydrogen-bond acceptors (Lipinski definition) is 6. The van der Waals surface area contributed by atoms with Gasteiger partial charge in [-0.05, 0) is 66.9 Å². The van der Waals surface area contributed by atoms with Crippen molar-refractivity contribution in [2.24, 2.45) is 5.92 Å². The molecule has 0 bridgehead atoms. The lowest BCUT2D eigenvalue weighted by Gasteiger charge is -2.31. The van der Waals surface area contributed by atoms with E-state index in [0.717, 1.165) is 54.3 Å². The van der Waals surface area contributed by atoms with Crippen molar-refractivity contribution < 1.29 is 9.53 Å². The van der Waals surface area contributed by atoms with Crippen molar-refractivity contribution in [2.75, 3.05) is 25.1 Å². The molecular formula is C23H25N5O2. The Kier molecular flexibility index (Phi) is 6.17. The van der Waals surface area contributed by atoms with E-state index in [1.54, 1.807) is 19.5 Å². The summed E-state index contributed by atoms with van der Waals surface area (Å²) in [4.78, 5) is 18.7. The number of nitrogens with zero attached hydrogens (tertiary/aromatic N) is 4. The number of amides is 1. The number of carbonyl (C=O) groups excluding carboxylic acids is 1. The molecule has 1 amide bonds. The van der Waals surface area contributed by atoms with Gasteiger partial charge in [-0.15, -0.1) is 10.2 Å². The van der Waals surface area contributed by atoms with Crippen LogP contribution in [0.2, 0.25) is 0 Å². The Morgan fingerprint density at radius 2 is 1.77 bits per heavy atom. The molecule has 1 aliphatic rings. The molecule has 1 saturated heterocycles. The van der Waals surface area contributed by atoms with Crippen LogP contribution in [-0.2, 0) is 11.3 Å². The maximum Gasteiger partial charge on any atom is 0.223 e. The second-order valence-corrected chi connectivity index (χ2v) is 7.34. The molecule has 154 valence electrons. The Hall–Kier alpha value is -3.48. The number of benzene rings is 1. The molecule has 1 fully saturated rings. The fourth-order valence-electron chi connectivity index (χ4n) is 3.61. The number of anilines is 1. The summed E-state index contributed by atoms with van der Waals surface area (Å²) in [5.74, 6) is 1.82. The maximum absolute atomic E-state index is 12.5. The van der Waals surface area contributed by atoms with E-state index in [0.29, 0.717) is 6.54 Å². The van der Waals surface area contributed by atoms with E-state index in [1.165, 1.54) is 0 Å². The number of pyridine rings is 1. The van der Waals surface area contributed by atoms with Gasteiger partial charge in [-0.2, -0.15) is 0 Å². The molecule has 3 aromatic rings. The number of rotatable bonds is 6. The van der Waals surface area contributed by atoms with E-state index in [2.05, 4.69) is 25.4 Å². The molecule has 7 heteroatoms. The molecule has 4 rings (SSSR count). The number of nitrogens with one attached hydrogen (secondary N) is 1. The number of aromatic nitrogens is 3. The monoisotopic (exact) mass is 403 g/mol. The number of ether oxygens (including phenoxy) is 1. The van der Waals surface area contributed by atoms with Crippen LogP contribution in [0, 0.1) is 5.92 Å². The lowest BCUT2D eigenvalue weighted by molar-refractivity contribution is -0.125. The Morgan fingerprint density at radius 1 is 1.03 bits per heavy atom. The first-order valence-corrected chi connectivity index (χ1v) is 10.1. The van der Waals surface area contributed by atoms with Crippen molar-refractivity contribution in [2.45, 2.75) is 19.4 Å². The Morgan fingerprint density at radius 3 is 2.40 bits per heavy atom. The van der Waals surface area contributed by atoms with Crippen LogP contribution in [-0.4, -0.2) is 41.3 Å². The standard InChI is InChI=1S/C23H25N5O2/c1-30-20-4-2-18(3-5-20)21-6-7-22(27-26-21)28-14-10-19(11-15-28)23(29)25-16-17-8-12-24-13-9-17/h2-9,12-13,19H,10-11,14-16H2,1H3,(H,25,29). The van der Waals surface area contributed by atoms with E-state index < -0.39 is 0 Å². The average molecular weight is 403 g/mol. The molecule has 7 nitrogen and oxygen atoms in total. The van der Waals surface area contributed by atoms with Crippen LogP contribution in [0.5, 0.6) is 5.75 Å². The third-order valence-corrected chi connectivity index (χ3v) is 5.44. The lowest BCUT2D eigenvalue weighted by atomic mass is 9.96. The predicted molar refractivity (Wildman–Crippen MR) is 115 cm³/mol. The molecule has 1 aromatic carbocycles. The Balaban J connectivity index is 1.29. The summed E-state index contributed by atoms with van der Waals surface area (Å²) in [6.45, 7) is 2.13. The Labute approximate surface area is 176 Å². The summed E-state index contributed by atoms with van der Waals surface area (Å²) in [5.41, 5.74) is 2.88.